The molecule has 1 aromatic carbocycles. The second-order valence-corrected chi connectivity index (χ2v) is 11.9. The van der Waals surface area contributed by atoms with Crippen molar-refractivity contribution >= 4 is 40.0 Å². The number of thiophene rings is 1. The molecule has 1 aliphatic heterocycles. The van der Waals surface area contributed by atoms with Crippen molar-refractivity contribution in [3.8, 4) is 0 Å². The number of piperidine rings is 1. The van der Waals surface area contributed by atoms with Crippen molar-refractivity contribution in [2.24, 2.45) is 16.3 Å². The Morgan fingerprint density at radius 1 is 1.11 bits per heavy atom. The Morgan fingerprint density at radius 2 is 1.89 bits per heavy atom. The molecule has 0 bridgehead atoms. The van der Waals surface area contributed by atoms with Crippen LogP contribution in [-0.4, -0.2) is 25.2 Å². The van der Waals surface area contributed by atoms with Crippen LogP contribution in [0, 0.1) is 11.3 Å². The van der Waals surface area contributed by atoms with Crippen LogP contribution in [0.5, 0.6) is 0 Å². The van der Waals surface area contributed by atoms with Crippen molar-refractivity contribution in [3.63, 3.8) is 0 Å². The van der Waals surface area contributed by atoms with Crippen molar-refractivity contribution < 1.29 is 9.21 Å². The molecule has 0 saturated carbocycles. The van der Waals surface area contributed by atoms with Gasteiger partial charge in [-0.1, -0.05) is 39.0 Å². The lowest BCUT2D eigenvalue weighted by Crippen LogP contribution is -2.28. The number of carbonyl (C=O) groups is 1. The van der Waals surface area contributed by atoms with Gasteiger partial charge in [0.25, 0.3) is 5.91 Å². The number of anilines is 2. The molecular formula is C29H35N3O2S. The van der Waals surface area contributed by atoms with E-state index in [1.54, 1.807) is 17.6 Å². The number of furan rings is 1. The highest BCUT2D eigenvalue weighted by Gasteiger charge is 2.33. The Hall–Kier alpha value is -2.86. The number of benzene rings is 1. The average Bonchev–Trinajstić information content (AvgIpc) is 3.47. The number of nitrogens with zero attached hydrogens (tertiary/aromatic N) is 2. The molecule has 3 aromatic rings. The van der Waals surface area contributed by atoms with Gasteiger partial charge in [-0.3, -0.25) is 4.79 Å². The minimum absolute atomic E-state index is 0.0801. The van der Waals surface area contributed by atoms with E-state index >= 15 is 0 Å². The van der Waals surface area contributed by atoms with E-state index in [-0.39, 0.29) is 11.3 Å². The first-order chi connectivity index (χ1) is 16.9. The molecule has 1 atom stereocenters. The summed E-state index contributed by atoms with van der Waals surface area (Å²) in [4.78, 5) is 21.9. The summed E-state index contributed by atoms with van der Waals surface area (Å²) in [7, 11) is 0. The molecule has 1 aliphatic carbocycles. The SMILES string of the molecule is CC(C)(C)[C@@H]1CCc2c(sc(N=Cc3ccc(N4CCCCC4)o3)c2C(=O)Nc2ccccc2)C1. The number of rotatable bonds is 5. The van der Waals surface area contributed by atoms with Crippen molar-refractivity contribution in [2.45, 2.75) is 59.3 Å². The molecular weight excluding hydrogens is 454 g/mol. The van der Waals surface area contributed by atoms with Gasteiger partial charge in [0, 0.05) is 29.7 Å². The Kier molecular flexibility index (Phi) is 6.83. The maximum absolute atomic E-state index is 13.5. The van der Waals surface area contributed by atoms with Gasteiger partial charge in [-0.2, -0.15) is 0 Å². The Labute approximate surface area is 212 Å². The summed E-state index contributed by atoms with van der Waals surface area (Å²) in [5.74, 6) is 2.15. The van der Waals surface area contributed by atoms with E-state index in [1.807, 2.05) is 42.5 Å². The van der Waals surface area contributed by atoms with Crippen LogP contribution < -0.4 is 10.2 Å². The van der Waals surface area contributed by atoms with Crippen LogP contribution in [0.3, 0.4) is 0 Å². The molecule has 6 heteroatoms. The number of para-hydroxylation sites is 1. The maximum Gasteiger partial charge on any atom is 0.259 e. The molecule has 1 N–H and O–H groups in total. The lowest BCUT2D eigenvalue weighted by Gasteiger charge is -2.33. The zero-order valence-electron chi connectivity index (χ0n) is 21.0. The predicted octanol–water partition coefficient (Wildman–Crippen LogP) is 7.49. The van der Waals surface area contributed by atoms with E-state index in [1.165, 1.54) is 29.7 Å². The van der Waals surface area contributed by atoms with Crippen molar-refractivity contribution in [1.29, 1.82) is 0 Å². The highest BCUT2D eigenvalue weighted by atomic mass is 32.1. The lowest BCUT2D eigenvalue weighted by atomic mass is 9.72. The topological polar surface area (TPSA) is 57.8 Å². The van der Waals surface area contributed by atoms with Crippen LogP contribution >= 0.6 is 11.3 Å². The Morgan fingerprint density at radius 3 is 2.63 bits per heavy atom. The van der Waals surface area contributed by atoms with Crippen LogP contribution in [0.1, 0.15) is 73.0 Å². The van der Waals surface area contributed by atoms with Gasteiger partial charge in [-0.25, -0.2) is 4.99 Å². The summed E-state index contributed by atoms with van der Waals surface area (Å²) in [6.45, 7) is 9.03. The van der Waals surface area contributed by atoms with Crippen molar-refractivity contribution in [1.82, 2.24) is 0 Å². The van der Waals surface area contributed by atoms with Gasteiger partial charge in [0.1, 0.15) is 10.8 Å². The summed E-state index contributed by atoms with van der Waals surface area (Å²) in [5, 5.41) is 3.86. The van der Waals surface area contributed by atoms with Crippen LogP contribution in [0.4, 0.5) is 16.6 Å². The van der Waals surface area contributed by atoms with Gasteiger partial charge in [0.2, 0.25) is 0 Å². The van der Waals surface area contributed by atoms with Crippen molar-refractivity contribution in [3.05, 3.63) is 64.2 Å². The average molecular weight is 490 g/mol. The summed E-state index contributed by atoms with van der Waals surface area (Å²) in [5.41, 5.74) is 2.94. The molecule has 3 heterocycles. The third-order valence-corrected chi connectivity index (χ3v) is 8.48. The van der Waals surface area contributed by atoms with Gasteiger partial charge in [0.15, 0.2) is 5.88 Å². The zero-order chi connectivity index (χ0) is 24.4. The van der Waals surface area contributed by atoms with Gasteiger partial charge in [-0.15, -0.1) is 11.3 Å². The van der Waals surface area contributed by atoms with E-state index in [0.717, 1.165) is 60.2 Å². The van der Waals surface area contributed by atoms with E-state index in [9.17, 15) is 4.79 Å². The van der Waals surface area contributed by atoms with E-state index in [4.69, 9.17) is 9.41 Å². The quantitative estimate of drug-likeness (QED) is 0.378. The third-order valence-electron chi connectivity index (χ3n) is 7.32. The Balaban J connectivity index is 1.43. The molecule has 0 spiro atoms. The minimum Gasteiger partial charge on any atom is -0.440 e. The molecule has 1 saturated heterocycles. The zero-order valence-corrected chi connectivity index (χ0v) is 21.8. The Bertz CT molecular complexity index is 1200. The highest BCUT2D eigenvalue weighted by molar-refractivity contribution is 7.16. The highest BCUT2D eigenvalue weighted by Crippen LogP contribution is 2.45. The van der Waals surface area contributed by atoms with Crippen LogP contribution in [-0.2, 0) is 12.8 Å². The number of hydrogen-bond donors (Lipinski definition) is 1. The molecule has 2 aliphatic rings. The van der Waals surface area contributed by atoms with Crippen molar-refractivity contribution in [2.75, 3.05) is 23.3 Å². The van der Waals surface area contributed by atoms with Crippen LogP contribution in [0.2, 0.25) is 0 Å². The molecule has 5 rings (SSSR count). The number of carbonyl (C=O) groups excluding carboxylic acids is 1. The first-order valence-corrected chi connectivity index (χ1v) is 13.6. The summed E-state index contributed by atoms with van der Waals surface area (Å²) >= 11 is 1.66. The number of aliphatic imine (C=N–C) groups is 1. The predicted molar refractivity (Wildman–Crippen MR) is 146 cm³/mol. The van der Waals surface area contributed by atoms with Crippen LogP contribution in [0.25, 0.3) is 0 Å². The molecule has 1 fully saturated rings. The lowest BCUT2D eigenvalue weighted by molar-refractivity contribution is 0.102. The second-order valence-electron chi connectivity index (χ2n) is 10.8. The fourth-order valence-corrected chi connectivity index (χ4v) is 6.44. The monoisotopic (exact) mass is 489 g/mol. The first-order valence-electron chi connectivity index (χ1n) is 12.8. The molecule has 5 nitrogen and oxygen atoms in total. The van der Waals surface area contributed by atoms with E-state index < -0.39 is 0 Å². The van der Waals surface area contributed by atoms with Gasteiger partial charge in [-0.05, 0) is 73.6 Å². The molecule has 2 aromatic heterocycles. The summed E-state index contributed by atoms with van der Waals surface area (Å²) < 4.78 is 6.09. The largest absolute Gasteiger partial charge is 0.440 e. The molecule has 184 valence electrons. The van der Waals surface area contributed by atoms with Crippen LogP contribution in [0.15, 0.2) is 51.9 Å². The van der Waals surface area contributed by atoms with E-state index in [2.05, 4.69) is 31.0 Å². The van der Waals surface area contributed by atoms with Gasteiger partial charge >= 0.3 is 0 Å². The molecule has 35 heavy (non-hydrogen) atoms. The third kappa shape index (κ3) is 5.37. The smallest absolute Gasteiger partial charge is 0.259 e. The number of fused-ring (bicyclic) bond motifs is 1. The van der Waals surface area contributed by atoms with Gasteiger partial charge in [0.05, 0.1) is 11.8 Å². The standard InChI is InChI=1S/C29H35N3O2S/c1-29(2,3)20-12-14-23-24(18-20)35-28(26(23)27(33)31-21-10-6-4-7-11-21)30-19-22-13-15-25(34-22)32-16-8-5-9-17-32/h4,6-7,10-11,13,15,19-20H,5,8-9,12,14,16-18H2,1-3H3,(H,31,33)/t20-/m1/s1. The summed E-state index contributed by atoms with van der Waals surface area (Å²) in [6, 6.07) is 13.7. The number of amides is 1. The molecule has 0 unspecified atom stereocenters. The molecule has 0 radical (unpaired) electrons. The fourth-order valence-electron chi connectivity index (χ4n) is 5.17. The maximum atomic E-state index is 13.5. The number of nitrogens with one attached hydrogen (secondary N) is 1. The molecule has 1 amide bonds. The summed E-state index contributed by atoms with van der Waals surface area (Å²) in [6.07, 6.45) is 8.49. The fraction of sp³-hybridized carbons (Fsp3) is 0.448. The van der Waals surface area contributed by atoms with E-state index in [0.29, 0.717) is 5.92 Å². The first kappa shape index (κ1) is 23.9. The van der Waals surface area contributed by atoms with Gasteiger partial charge < -0.3 is 14.6 Å². The second kappa shape index (κ2) is 10.0. The normalized spacial score (nSPS) is 18.6. The number of hydrogen-bond acceptors (Lipinski definition) is 5. The minimum atomic E-state index is -0.0801.